The van der Waals surface area contributed by atoms with Crippen LogP contribution in [0.1, 0.15) is 28.7 Å². The summed E-state index contributed by atoms with van der Waals surface area (Å²) in [5.74, 6) is 1.85. The first kappa shape index (κ1) is 27.3. The van der Waals surface area contributed by atoms with Crippen molar-refractivity contribution in [1.82, 2.24) is 15.5 Å². The summed E-state index contributed by atoms with van der Waals surface area (Å²) in [6.07, 6.45) is 1.05. The Bertz CT molecular complexity index is 917. The van der Waals surface area contributed by atoms with Crippen molar-refractivity contribution in [3.05, 3.63) is 64.5 Å². The number of benzene rings is 2. The van der Waals surface area contributed by atoms with E-state index in [0.29, 0.717) is 43.7 Å². The van der Waals surface area contributed by atoms with Gasteiger partial charge in [-0.2, -0.15) is 0 Å². The van der Waals surface area contributed by atoms with E-state index in [1.165, 1.54) is 11.6 Å². The third-order valence-electron chi connectivity index (χ3n) is 5.45. The van der Waals surface area contributed by atoms with Gasteiger partial charge in [-0.05, 0) is 56.8 Å². The summed E-state index contributed by atoms with van der Waals surface area (Å²) in [4.78, 5) is 6.27. The van der Waals surface area contributed by atoms with Crippen molar-refractivity contribution in [3.8, 4) is 5.75 Å². The molecule has 2 N–H and O–H groups in total. The first-order chi connectivity index (χ1) is 15.4. The molecular formula is C25H36FIN4O2. The molecule has 0 saturated carbocycles. The molecular weight excluding hydrogens is 534 g/mol. The number of aliphatic imine (C=N–C) groups is 1. The Balaban J connectivity index is 0.00000385. The molecule has 8 heteroatoms. The van der Waals surface area contributed by atoms with Gasteiger partial charge in [0.2, 0.25) is 0 Å². The van der Waals surface area contributed by atoms with E-state index < -0.39 is 0 Å². The fourth-order valence-corrected chi connectivity index (χ4v) is 3.65. The number of nitrogens with zero attached hydrogens (tertiary/aromatic N) is 2. The Morgan fingerprint density at radius 3 is 2.64 bits per heavy atom. The zero-order valence-electron chi connectivity index (χ0n) is 20.0. The van der Waals surface area contributed by atoms with Gasteiger partial charge in [0, 0.05) is 50.3 Å². The monoisotopic (exact) mass is 570 g/mol. The van der Waals surface area contributed by atoms with Gasteiger partial charge in [0.05, 0.1) is 13.2 Å². The molecule has 0 amide bonds. The summed E-state index contributed by atoms with van der Waals surface area (Å²) in [5, 5.41) is 6.66. The highest BCUT2D eigenvalue weighted by Gasteiger charge is 2.17. The summed E-state index contributed by atoms with van der Waals surface area (Å²) in [5.41, 5.74) is 3.93. The molecule has 0 bridgehead atoms. The average Bonchev–Trinajstić information content (AvgIpc) is 3.29. The number of nitrogens with one attached hydrogen (secondary N) is 2. The third-order valence-corrected chi connectivity index (χ3v) is 5.45. The molecule has 33 heavy (non-hydrogen) atoms. The molecule has 6 nitrogen and oxygen atoms in total. The van der Waals surface area contributed by atoms with E-state index in [2.05, 4.69) is 40.7 Å². The van der Waals surface area contributed by atoms with Crippen LogP contribution in [0.15, 0.2) is 41.4 Å². The second-order valence-corrected chi connectivity index (χ2v) is 8.59. The van der Waals surface area contributed by atoms with Crippen LogP contribution in [0.25, 0.3) is 0 Å². The predicted octanol–water partition coefficient (Wildman–Crippen LogP) is 4.09. The molecule has 1 fully saturated rings. The van der Waals surface area contributed by atoms with Crippen LogP contribution < -0.4 is 15.4 Å². The molecule has 0 radical (unpaired) electrons. The van der Waals surface area contributed by atoms with Gasteiger partial charge in [-0.3, -0.25) is 4.99 Å². The molecule has 1 aliphatic rings. The lowest BCUT2D eigenvalue weighted by molar-refractivity contribution is 0.166. The molecule has 2 aromatic rings. The third kappa shape index (κ3) is 8.75. The molecule has 1 aliphatic heterocycles. The van der Waals surface area contributed by atoms with Gasteiger partial charge in [-0.25, -0.2) is 4.39 Å². The van der Waals surface area contributed by atoms with Gasteiger partial charge in [0.1, 0.15) is 11.6 Å². The Morgan fingerprint density at radius 2 is 1.94 bits per heavy atom. The number of hydrogen-bond donors (Lipinski definition) is 2. The highest BCUT2D eigenvalue weighted by atomic mass is 127. The van der Waals surface area contributed by atoms with Crippen molar-refractivity contribution in [3.63, 3.8) is 0 Å². The molecule has 3 rings (SSSR count). The van der Waals surface area contributed by atoms with Gasteiger partial charge in [-0.15, -0.1) is 24.0 Å². The van der Waals surface area contributed by atoms with Crippen molar-refractivity contribution < 1.29 is 13.9 Å². The standard InChI is InChI=1S/C25H35FN4O2.HI/c1-18-5-7-21(24(11-18)32-17-20-9-10-31-16-20)14-29-25(27-2)28-13-19-6-8-23(26)22(12-19)15-30(3)4;/h5-8,11-12,20H,9-10,13-17H2,1-4H3,(H2,27,28,29);1H. The van der Waals surface area contributed by atoms with Crippen molar-refractivity contribution in [1.29, 1.82) is 0 Å². The van der Waals surface area contributed by atoms with Gasteiger partial charge in [0.15, 0.2) is 5.96 Å². The molecule has 1 heterocycles. The zero-order chi connectivity index (χ0) is 22.9. The lowest BCUT2D eigenvalue weighted by Crippen LogP contribution is -2.36. The molecule has 0 spiro atoms. The quantitative estimate of drug-likeness (QED) is 0.270. The molecule has 0 aromatic heterocycles. The maximum atomic E-state index is 14.0. The smallest absolute Gasteiger partial charge is 0.191 e. The van der Waals surface area contributed by atoms with Gasteiger partial charge >= 0.3 is 0 Å². The summed E-state index contributed by atoms with van der Waals surface area (Å²) in [6, 6.07) is 11.5. The maximum Gasteiger partial charge on any atom is 0.191 e. The zero-order valence-corrected chi connectivity index (χ0v) is 22.3. The Hall–Kier alpha value is -1.91. The van der Waals surface area contributed by atoms with E-state index in [-0.39, 0.29) is 29.8 Å². The van der Waals surface area contributed by atoms with E-state index in [4.69, 9.17) is 9.47 Å². The topological polar surface area (TPSA) is 58.1 Å². The summed E-state index contributed by atoms with van der Waals surface area (Å²) < 4.78 is 25.6. The lowest BCUT2D eigenvalue weighted by Gasteiger charge is -2.17. The Labute approximate surface area is 214 Å². The first-order valence-corrected chi connectivity index (χ1v) is 11.1. The van der Waals surface area contributed by atoms with E-state index in [0.717, 1.165) is 36.5 Å². The van der Waals surface area contributed by atoms with E-state index in [1.54, 1.807) is 13.1 Å². The minimum Gasteiger partial charge on any atom is -0.493 e. The highest BCUT2D eigenvalue weighted by molar-refractivity contribution is 14.0. The minimum atomic E-state index is -0.180. The molecule has 0 aliphatic carbocycles. The number of hydrogen-bond acceptors (Lipinski definition) is 4. The van der Waals surface area contributed by atoms with Crippen LogP contribution in [0.5, 0.6) is 5.75 Å². The van der Waals surface area contributed by atoms with Gasteiger partial charge in [-0.1, -0.05) is 18.2 Å². The fourth-order valence-electron chi connectivity index (χ4n) is 3.65. The van der Waals surface area contributed by atoms with Crippen LogP contribution in [-0.2, 0) is 24.4 Å². The second kappa shape index (κ2) is 13.7. The molecule has 2 aromatic carbocycles. The summed E-state index contributed by atoms with van der Waals surface area (Å²) in [7, 11) is 5.60. The van der Waals surface area contributed by atoms with E-state index >= 15 is 0 Å². The Kier molecular flexibility index (Phi) is 11.4. The largest absolute Gasteiger partial charge is 0.493 e. The number of ether oxygens (including phenoxy) is 2. The van der Waals surface area contributed by atoms with Crippen LogP contribution in [-0.4, -0.2) is 51.8 Å². The normalized spacial score (nSPS) is 15.9. The van der Waals surface area contributed by atoms with Crippen molar-refractivity contribution >= 4 is 29.9 Å². The van der Waals surface area contributed by atoms with E-state index in [1.807, 2.05) is 25.1 Å². The summed E-state index contributed by atoms with van der Waals surface area (Å²) in [6.45, 7) is 6.04. The van der Waals surface area contributed by atoms with Crippen LogP contribution in [0.2, 0.25) is 0 Å². The van der Waals surface area contributed by atoms with Crippen molar-refractivity contribution in [2.45, 2.75) is 33.0 Å². The first-order valence-electron chi connectivity index (χ1n) is 11.1. The fraction of sp³-hybridized carbons (Fsp3) is 0.480. The molecule has 1 saturated heterocycles. The van der Waals surface area contributed by atoms with Gasteiger partial charge < -0.3 is 25.0 Å². The highest BCUT2D eigenvalue weighted by Crippen LogP contribution is 2.22. The molecule has 1 unspecified atom stereocenters. The molecule has 1 atom stereocenters. The lowest BCUT2D eigenvalue weighted by atomic mass is 10.1. The Morgan fingerprint density at radius 1 is 1.15 bits per heavy atom. The van der Waals surface area contributed by atoms with Gasteiger partial charge in [0.25, 0.3) is 0 Å². The van der Waals surface area contributed by atoms with E-state index in [9.17, 15) is 4.39 Å². The second-order valence-electron chi connectivity index (χ2n) is 8.59. The molecule has 182 valence electrons. The number of rotatable bonds is 9. The SMILES string of the molecule is CN=C(NCc1ccc(F)c(CN(C)C)c1)NCc1ccc(C)cc1OCC1CCOC1.I. The van der Waals surface area contributed by atoms with Crippen molar-refractivity contribution in [2.24, 2.45) is 10.9 Å². The van der Waals surface area contributed by atoms with Crippen LogP contribution in [0.4, 0.5) is 4.39 Å². The van der Waals surface area contributed by atoms with Crippen LogP contribution >= 0.6 is 24.0 Å². The number of halogens is 2. The number of guanidine groups is 1. The maximum absolute atomic E-state index is 14.0. The predicted molar refractivity (Wildman–Crippen MR) is 142 cm³/mol. The average molecular weight is 570 g/mol. The minimum absolute atomic E-state index is 0. The van der Waals surface area contributed by atoms with Crippen LogP contribution in [0, 0.1) is 18.7 Å². The summed E-state index contributed by atoms with van der Waals surface area (Å²) >= 11 is 0. The van der Waals surface area contributed by atoms with Crippen molar-refractivity contribution in [2.75, 3.05) is 41.0 Å². The van der Waals surface area contributed by atoms with Crippen LogP contribution in [0.3, 0.4) is 0 Å². The number of aryl methyl sites for hydroxylation is 1.